The normalized spacial score (nSPS) is 14.5. The van der Waals surface area contributed by atoms with Gasteiger partial charge in [-0.15, -0.1) is 0 Å². The van der Waals surface area contributed by atoms with Crippen LogP contribution >= 0.6 is 0 Å². The number of rotatable bonds is 5. The van der Waals surface area contributed by atoms with Gasteiger partial charge < -0.3 is 9.47 Å². The van der Waals surface area contributed by atoms with Crippen molar-refractivity contribution in [1.82, 2.24) is 0 Å². The first-order valence-electron chi connectivity index (χ1n) is 5.77. The molecule has 0 aromatic heterocycles. The molecule has 18 heavy (non-hydrogen) atoms. The summed E-state index contributed by atoms with van der Waals surface area (Å²) in [7, 11) is -3.34. The summed E-state index contributed by atoms with van der Waals surface area (Å²) < 4.78 is 37.1. The minimum atomic E-state index is -3.34. The maximum Gasteiger partial charge on any atom is 0.264 e. The molecule has 0 saturated carbocycles. The standard InChI is InChI=1S/C12H16O5S/c1-18(13,14)17-6-2-3-10-4-5-11-12(9-10)16-8-7-15-11/h4-5,9H,2-3,6-8H2,1H3. The van der Waals surface area contributed by atoms with E-state index >= 15 is 0 Å². The number of benzene rings is 1. The van der Waals surface area contributed by atoms with E-state index in [1.54, 1.807) is 0 Å². The second-order valence-electron chi connectivity index (χ2n) is 4.11. The number of aryl methyl sites for hydroxylation is 1. The van der Waals surface area contributed by atoms with Crippen LogP contribution in [0.25, 0.3) is 0 Å². The molecule has 0 atom stereocenters. The SMILES string of the molecule is CS(=O)(=O)OCCCc1ccc2c(c1)OCCO2. The molecule has 0 saturated heterocycles. The van der Waals surface area contributed by atoms with Crippen molar-refractivity contribution in [3.8, 4) is 11.5 Å². The van der Waals surface area contributed by atoms with Gasteiger partial charge in [-0.1, -0.05) is 6.07 Å². The van der Waals surface area contributed by atoms with Crippen LogP contribution in [0.5, 0.6) is 11.5 Å². The van der Waals surface area contributed by atoms with E-state index < -0.39 is 10.1 Å². The molecule has 1 heterocycles. The average Bonchev–Trinajstić information content (AvgIpc) is 2.33. The lowest BCUT2D eigenvalue weighted by Crippen LogP contribution is -2.15. The van der Waals surface area contributed by atoms with Crippen molar-refractivity contribution in [2.24, 2.45) is 0 Å². The highest BCUT2D eigenvalue weighted by Gasteiger charge is 2.11. The summed E-state index contributed by atoms with van der Waals surface area (Å²) in [6.45, 7) is 1.34. The van der Waals surface area contributed by atoms with Crippen molar-refractivity contribution >= 4 is 10.1 Å². The average molecular weight is 272 g/mol. The monoisotopic (exact) mass is 272 g/mol. The summed E-state index contributed by atoms with van der Waals surface area (Å²) in [4.78, 5) is 0. The quantitative estimate of drug-likeness (QED) is 0.598. The zero-order valence-corrected chi connectivity index (χ0v) is 11.0. The van der Waals surface area contributed by atoms with Gasteiger partial charge in [-0.2, -0.15) is 8.42 Å². The maximum absolute atomic E-state index is 10.8. The number of hydrogen-bond acceptors (Lipinski definition) is 5. The van der Waals surface area contributed by atoms with Gasteiger partial charge in [-0.25, -0.2) is 0 Å². The smallest absolute Gasteiger partial charge is 0.264 e. The Kier molecular flexibility index (Phi) is 4.08. The molecule has 1 aliphatic rings. The summed E-state index contributed by atoms with van der Waals surface area (Å²) in [5.41, 5.74) is 1.08. The van der Waals surface area contributed by atoms with E-state index in [0.717, 1.165) is 29.7 Å². The Bertz CT molecular complexity index is 509. The Labute approximate surface area is 107 Å². The maximum atomic E-state index is 10.8. The minimum Gasteiger partial charge on any atom is -0.486 e. The van der Waals surface area contributed by atoms with Crippen molar-refractivity contribution in [3.63, 3.8) is 0 Å². The van der Waals surface area contributed by atoms with E-state index in [-0.39, 0.29) is 6.61 Å². The molecule has 1 aromatic carbocycles. The summed E-state index contributed by atoms with van der Waals surface area (Å²) >= 11 is 0. The third-order valence-electron chi connectivity index (χ3n) is 2.51. The fourth-order valence-corrected chi connectivity index (χ4v) is 2.15. The van der Waals surface area contributed by atoms with Crippen LogP contribution in [0.4, 0.5) is 0 Å². The van der Waals surface area contributed by atoms with Crippen LogP contribution < -0.4 is 9.47 Å². The summed E-state index contributed by atoms with van der Waals surface area (Å²) in [5.74, 6) is 1.51. The Morgan fingerprint density at radius 3 is 2.67 bits per heavy atom. The van der Waals surface area contributed by atoms with Gasteiger partial charge in [-0.3, -0.25) is 4.18 Å². The van der Waals surface area contributed by atoms with Gasteiger partial charge in [0.1, 0.15) is 13.2 Å². The molecule has 0 N–H and O–H groups in total. The second kappa shape index (κ2) is 5.58. The van der Waals surface area contributed by atoms with Gasteiger partial charge in [0, 0.05) is 0 Å². The van der Waals surface area contributed by atoms with Gasteiger partial charge in [0.15, 0.2) is 11.5 Å². The van der Waals surface area contributed by atoms with E-state index in [0.29, 0.717) is 19.6 Å². The van der Waals surface area contributed by atoms with Crippen molar-refractivity contribution in [2.45, 2.75) is 12.8 Å². The van der Waals surface area contributed by atoms with E-state index in [1.807, 2.05) is 18.2 Å². The zero-order valence-electron chi connectivity index (χ0n) is 10.2. The molecule has 1 aliphatic heterocycles. The summed E-state index contributed by atoms with van der Waals surface area (Å²) in [6, 6.07) is 5.75. The second-order valence-corrected chi connectivity index (χ2v) is 5.75. The molecule has 0 aliphatic carbocycles. The highest BCUT2D eigenvalue weighted by Crippen LogP contribution is 2.30. The number of hydrogen-bond donors (Lipinski definition) is 0. The van der Waals surface area contributed by atoms with Crippen LogP contribution in [0.2, 0.25) is 0 Å². The lowest BCUT2D eigenvalue weighted by Gasteiger charge is -2.18. The first-order valence-corrected chi connectivity index (χ1v) is 7.59. The van der Waals surface area contributed by atoms with Crippen LogP contribution in [0.15, 0.2) is 18.2 Å². The van der Waals surface area contributed by atoms with E-state index in [9.17, 15) is 8.42 Å². The summed E-state index contributed by atoms with van der Waals surface area (Å²) in [6.07, 6.45) is 2.44. The molecule has 0 unspecified atom stereocenters. The molecule has 5 nitrogen and oxygen atoms in total. The molecular formula is C12H16O5S. The molecule has 0 fully saturated rings. The van der Waals surface area contributed by atoms with Gasteiger partial charge in [0.05, 0.1) is 12.9 Å². The van der Waals surface area contributed by atoms with Gasteiger partial charge in [-0.05, 0) is 30.5 Å². The van der Waals surface area contributed by atoms with Crippen LogP contribution in [0.3, 0.4) is 0 Å². The molecule has 6 heteroatoms. The van der Waals surface area contributed by atoms with Crippen LogP contribution in [-0.4, -0.2) is 34.5 Å². The number of ether oxygens (including phenoxy) is 2. The lowest BCUT2D eigenvalue weighted by molar-refractivity contribution is 0.171. The highest BCUT2D eigenvalue weighted by molar-refractivity contribution is 7.85. The Hall–Kier alpha value is -1.27. The lowest BCUT2D eigenvalue weighted by atomic mass is 10.1. The molecule has 0 amide bonds. The van der Waals surface area contributed by atoms with Gasteiger partial charge in [0.25, 0.3) is 10.1 Å². The van der Waals surface area contributed by atoms with Crippen molar-refractivity contribution < 1.29 is 22.1 Å². The number of fused-ring (bicyclic) bond motifs is 1. The molecule has 100 valence electrons. The van der Waals surface area contributed by atoms with E-state index in [4.69, 9.17) is 9.47 Å². The largest absolute Gasteiger partial charge is 0.486 e. The van der Waals surface area contributed by atoms with E-state index in [2.05, 4.69) is 4.18 Å². The van der Waals surface area contributed by atoms with Gasteiger partial charge in [0.2, 0.25) is 0 Å². The molecule has 0 radical (unpaired) electrons. The van der Waals surface area contributed by atoms with Crippen molar-refractivity contribution in [3.05, 3.63) is 23.8 Å². The minimum absolute atomic E-state index is 0.202. The fraction of sp³-hybridized carbons (Fsp3) is 0.500. The predicted octanol–water partition coefficient (Wildman–Crippen LogP) is 1.37. The van der Waals surface area contributed by atoms with Gasteiger partial charge >= 0.3 is 0 Å². The highest BCUT2D eigenvalue weighted by atomic mass is 32.2. The molecule has 1 aromatic rings. The van der Waals surface area contributed by atoms with Crippen LogP contribution in [0.1, 0.15) is 12.0 Å². The van der Waals surface area contributed by atoms with Crippen molar-refractivity contribution in [2.75, 3.05) is 26.1 Å². The first-order chi connectivity index (χ1) is 8.54. The Morgan fingerprint density at radius 1 is 1.22 bits per heavy atom. The predicted molar refractivity (Wildman–Crippen MR) is 66.5 cm³/mol. The molecule has 0 bridgehead atoms. The topological polar surface area (TPSA) is 61.8 Å². The molecule has 0 spiro atoms. The van der Waals surface area contributed by atoms with E-state index in [1.165, 1.54) is 0 Å². The molecule has 2 rings (SSSR count). The van der Waals surface area contributed by atoms with Crippen LogP contribution in [0, 0.1) is 0 Å². The molecular weight excluding hydrogens is 256 g/mol. The van der Waals surface area contributed by atoms with Crippen LogP contribution in [-0.2, 0) is 20.7 Å². The third-order valence-corrected chi connectivity index (χ3v) is 3.11. The zero-order chi connectivity index (χ0) is 13.0. The first kappa shape index (κ1) is 13.2. The summed E-state index contributed by atoms with van der Waals surface area (Å²) in [5, 5.41) is 0. The third kappa shape index (κ3) is 3.89. The fourth-order valence-electron chi connectivity index (χ4n) is 1.73. The Morgan fingerprint density at radius 2 is 1.94 bits per heavy atom. The Balaban J connectivity index is 1.86. The van der Waals surface area contributed by atoms with Crippen molar-refractivity contribution in [1.29, 1.82) is 0 Å².